The minimum atomic E-state index is -0.657. The van der Waals surface area contributed by atoms with E-state index in [2.05, 4.69) is 0 Å². The lowest BCUT2D eigenvalue weighted by atomic mass is 10.1. The van der Waals surface area contributed by atoms with Crippen LogP contribution in [0.2, 0.25) is 0 Å². The predicted molar refractivity (Wildman–Crippen MR) is 78.1 cm³/mol. The van der Waals surface area contributed by atoms with Gasteiger partial charge in [0.05, 0.1) is 11.5 Å². The van der Waals surface area contributed by atoms with E-state index in [1.54, 1.807) is 6.07 Å². The van der Waals surface area contributed by atoms with Crippen LogP contribution in [0.3, 0.4) is 0 Å². The Morgan fingerprint density at radius 1 is 1.05 bits per heavy atom. The molecule has 0 heterocycles. The molecular weight excluding hydrogens is 270 g/mol. The molecule has 0 aliphatic rings. The van der Waals surface area contributed by atoms with Crippen LogP contribution in [0.5, 0.6) is 0 Å². The Morgan fingerprint density at radius 3 is 2.43 bits per heavy atom. The van der Waals surface area contributed by atoms with E-state index in [4.69, 9.17) is 4.74 Å². The monoisotopic (exact) mass is 285 g/mol. The molecule has 2 rings (SSSR count). The lowest BCUT2D eigenvalue weighted by molar-refractivity contribution is -0.385. The summed E-state index contributed by atoms with van der Waals surface area (Å²) in [6.45, 7) is 0.236. The lowest BCUT2D eigenvalue weighted by Crippen LogP contribution is -2.09. The smallest absolute Gasteiger partial charge is 0.345 e. The van der Waals surface area contributed by atoms with Gasteiger partial charge < -0.3 is 4.74 Å². The first-order valence-corrected chi connectivity index (χ1v) is 6.63. The van der Waals surface area contributed by atoms with Crippen LogP contribution in [-0.2, 0) is 11.2 Å². The number of hydrogen-bond donors (Lipinski definition) is 0. The number of hydrogen-bond acceptors (Lipinski definition) is 4. The highest BCUT2D eigenvalue weighted by atomic mass is 16.6. The van der Waals surface area contributed by atoms with Crippen molar-refractivity contribution in [3.63, 3.8) is 0 Å². The van der Waals surface area contributed by atoms with E-state index in [0.29, 0.717) is 6.42 Å². The number of esters is 1. The highest BCUT2D eigenvalue weighted by molar-refractivity contribution is 5.93. The second-order valence-electron chi connectivity index (χ2n) is 4.50. The molecule has 0 unspecified atom stereocenters. The molecule has 5 nitrogen and oxygen atoms in total. The number of aryl methyl sites for hydroxylation is 1. The summed E-state index contributed by atoms with van der Waals surface area (Å²) in [4.78, 5) is 22.1. The van der Waals surface area contributed by atoms with Gasteiger partial charge in [0.25, 0.3) is 5.69 Å². The summed E-state index contributed by atoms with van der Waals surface area (Å²) < 4.78 is 5.10. The quantitative estimate of drug-likeness (QED) is 0.353. The van der Waals surface area contributed by atoms with Gasteiger partial charge >= 0.3 is 5.97 Å². The largest absolute Gasteiger partial charge is 0.462 e. The maximum atomic E-state index is 11.9. The van der Waals surface area contributed by atoms with Crippen molar-refractivity contribution in [2.75, 3.05) is 6.61 Å². The van der Waals surface area contributed by atoms with E-state index in [1.807, 2.05) is 30.3 Å². The molecule has 0 aliphatic heterocycles. The maximum Gasteiger partial charge on any atom is 0.345 e. The molecule has 0 bridgehead atoms. The van der Waals surface area contributed by atoms with Gasteiger partial charge in [0.2, 0.25) is 0 Å². The van der Waals surface area contributed by atoms with Crippen LogP contribution in [0, 0.1) is 10.1 Å². The number of para-hydroxylation sites is 1. The fourth-order valence-corrected chi connectivity index (χ4v) is 1.97. The molecule has 21 heavy (non-hydrogen) atoms. The van der Waals surface area contributed by atoms with Crippen molar-refractivity contribution in [2.45, 2.75) is 12.8 Å². The van der Waals surface area contributed by atoms with Crippen LogP contribution in [0.4, 0.5) is 5.69 Å². The van der Waals surface area contributed by atoms with Crippen LogP contribution in [0.25, 0.3) is 0 Å². The number of nitrogens with zero attached hydrogens (tertiary/aromatic N) is 1. The summed E-state index contributed by atoms with van der Waals surface area (Å²) in [6.07, 6.45) is 1.47. The summed E-state index contributed by atoms with van der Waals surface area (Å²) in [6, 6.07) is 15.6. The molecule has 0 spiro atoms. The zero-order chi connectivity index (χ0) is 15.1. The van der Waals surface area contributed by atoms with Gasteiger partial charge in [0, 0.05) is 6.07 Å². The third-order valence-electron chi connectivity index (χ3n) is 3.01. The summed E-state index contributed by atoms with van der Waals surface area (Å²) >= 11 is 0. The Hall–Kier alpha value is -2.69. The summed E-state index contributed by atoms with van der Waals surface area (Å²) in [5.74, 6) is -0.657. The fourth-order valence-electron chi connectivity index (χ4n) is 1.97. The van der Waals surface area contributed by atoms with Gasteiger partial charge in [-0.25, -0.2) is 4.79 Å². The van der Waals surface area contributed by atoms with Crippen LogP contribution in [0.15, 0.2) is 54.6 Å². The molecule has 2 aromatic rings. The number of carbonyl (C=O) groups excluding carboxylic acids is 1. The van der Waals surface area contributed by atoms with Crippen molar-refractivity contribution in [2.24, 2.45) is 0 Å². The van der Waals surface area contributed by atoms with Crippen LogP contribution in [-0.4, -0.2) is 17.5 Å². The third kappa shape index (κ3) is 4.14. The SMILES string of the molecule is O=C(OCCCc1ccccc1)c1ccccc1[N+](=O)[O-]. The van der Waals surface area contributed by atoms with Gasteiger partial charge in [-0.3, -0.25) is 10.1 Å². The first kappa shape index (κ1) is 14.7. The van der Waals surface area contributed by atoms with Crippen molar-refractivity contribution in [3.8, 4) is 0 Å². The van der Waals surface area contributed by atoms with Crippen molar-refractivity contribution >= 4 is 11.7 Å². The normalized spacial score (nSPS) is 10.1. The van der Waals surface area contributed by atoms with Gasteiger partial charge in [0.15, 0.2) is 0 Å². The highest BCUT2D eigenvalue weighted by Crippen LogP contribution is 2.18. The molecule has 0 saturated heterocycles. The predicted octanol–water partition coefficient (Wildman–Crippen LogP) is 3.38. The Kier molecular flexibility index (Phi) is 5.04. The van der Waals surface area contributed by atoms with Crippen molar-refractivity contribution in [1.82, 2.24) is 0 Å². The Labute approximate surface area is 122 Å². The molecule has 0 radical (unpaired) electrons. The van der Waals surface area contributed by atoms with Crippen molar-refractivity contribution < 1.29 is 14.5 Å². The molecule has 0 aromatic heterocycles. The Balaban J connectivity index is 1.86. The zero-order valence-corrected chi connectivity index (χ0v) is 11.4. The minimum absolute atomic E-state index is 0.0118. The number of ether oxygens (including phenoxy) is 1. The number of nitro groups is 1. The number of carbonyl (C=O) groups is 1. The molecule has 108 valence electrons. The lowest BCUT2D eigenvalue weighted by Gasteiger charge is -2.05. The molecule has 0 amide bonds. The van der Waals surface area contributed by atoms with Gasteiger partial charge in [-0.15, -0.1) is 0 Å². The summed E-state index contributed by atoms with van der Waals surface area (Å²) in [7, 11) is 0. The van der Waals surface area contributed by atoms with Crippen LogP contribution >= 0.6 is 0 Å². The minimum Gasteiger partial charge on any atom is -0.462 e. The molecular formula is C16H15NO4. The molecule has 5 heteroatoms. The highest BCUT2D eigenvalue weighted by Gasteiger charge is 2.20. The molecule has 0 saturated carbocycles. The van der Waals surface area contributed by atoms with E-state index in [9.17, 15) is 14.9 Å². The van der Waals surface area contributed by atoms with Gasteiger partial charge in [0.1, 0.15) is 5.56 Å². The van der Waals surface area contributed by atoms with Crippen LogP contribution < -0.4 is 0 Å². The second kappa shape index (κ2) is 7.19. The topological polar surface area (TPSA) is 69.4 Å². The van der Waals surface area contributed by atoms with E-state index >= 15 is 0 Å². The third-order valence-corrected chi connectivity index (χ3v) is 3.01. The molecule has 0 fully saturated rings. The molecule has 0 aliphatic carbocycles. The van der Waals surface area contributed by atoms with Gasteiger partial charge in [-0.05, 0) is 24.5 Å². The standard InChI is InChI=1S/C16H15NO4/c18-16(14-10-4-5-11-15(14)17(19)20)21-12-6-9-13-7-2-1-3-8-13/h1-5,7-8,10-11H,6,9,12H2. The van der Waals surface area contributed by atoms with E-state index < -0.39 is 10.9 Å². The summed E-state index contributed by atoms with van der Waals surface area (Å²) in [5.41, 5.74) is 0.923. The fraction of sp³-hybridized carbons (Fsp3) is 0.188. The molecule has 0 N–H and O–H groups in total. The average molecular weight is 285 g/mol. The first-order valence-electron chi connectivity index (χ1n) is 6.63. The number of rotatable bonds is 6. The van der Waals surface area contributed by atoms with Crippen LogP contribution in [0.1, 0.15) is 22.3 Å². The molecule has 0 atom stereocenters. The van der Waals surface area contributed by atoms with Crippen molar-refractivity contribution in [1.29, 1.82) is 0 Å². The van der Waals surface area contributed by atoms with E-state index in [1.165, 1.54) is 23.8 Å². The molecule has 2 aromatic carbocycles. The van der Waals surface area contributed by atoms with Crippen molar-refractivity contribution in [3.05, 3.63) is 75.8 Å². The maximum absolute atomic E-state index is 11.9. The zero-order valence-electron chi connectivity index (χ0n) is 11.4. The summed E-state index contributed by atoms with van der Waals surface area (Å²) in [5, 5.41) is 10.8. The first-order chi connectivity index (χ1) is 10.2. The Morgan fingerprint density at radius 2 is 1.71 bits per heavy atom. The van der Waals surface area contributed by atoms with E-state index in [-0.39, 0.29) is 17.9 Å². The second-order valence-corrected chi connectivity index (χ2v) is 4.50. The number of nitro benzene ring substituents is 1. The van der Waals surface area contributed by atoms with Gasteiger partial charge in [-0.2, -0.15) is 0 Å². The number of benzene rings is 2. The average Bonchev–Trinajstić information content (AvgIpc) is 2.52. The van der Waals surface area contributed by atoms with Gasteiger partial charge in [-0.1, -0.05) is 42.5 Å². The van der Waals surface area contributed by atoms with E-state index in [0.717, 1.165) is 6.42 Å². The Bertz CT molecular complexity index is 625.